The summed E-state index contributed by atoms with van der Waals surface area (Å²) in [5.74, 6) is 0. The molecular weight excluding hydrogens is 196 g/mol. The Balaban J connectivity index is 3.03. The standard InChI is InChI=1S/C9H10N4O2/c1-2-3-7(11-10-6-14)8-4-5-9(15)13-12-8/h2-6H,1H3,(H,10,14)(H,13,15)/b3-2-,11-7+. The highest BCUT2D eigenvalue weighted by molar-refractivity contribution is 6.07. The monoisotopic (exact) mass is 206 g/mol. The number of nitrogens with one attached hydrogen (secondary N) is 2. The Labute approximate surface area is 85.7 Å². The van der Waals surface area contributed by atoms with Crippen LogP contribution < -0.4 is 11.0 Å². The van der Waals surface area contributed by atoms with Crippen molar-refractivity contribution in [3.63, 3.8) is 0 Å². The van der Waals surface area contributed by atoms with Crippen LogP contribution in [0, 0.1) is 0 Å². The average Bonchev–Trinajstić information content (AvgIpc) is 2.25. The van der Waals surface area contributed by atoms with Gasteiger partial charge in [0.15, 0.2) is 0 Å². The molecule has 0 saturated carbocycles. The molecule has 0 aliphatic heterocycles. The van der Waals surface area contributed by atoms with Gasteiger partial charge in [0.1, 0.15) is 11.4 Å². The van der Waals surface area contributed by atoms with Crippen LogP contribution in [0.2, 0.25) is 0 Å². The van der Waals surface area contributed by atoms with Crippen LogP contribution in [0.15, 0.2) is 34.2 Å². The molecule has 0 aromatic carbocycles. The van der Waals surface area contributed by atoms with E-state index in [-0.39, 0.29) is 5.56 Å². The highest BCUT2D eigenvalue weighted by Crippen LogP contribution is 1.94. The van der Waals surface area contributed by atoms with Crippen LogP contribution in [0.5, 0.6) is 0 Å². The number of rotatable bonds is 4. The Morgan fingerprint density at radius 1 is 1.60 bits per heavy atom. The Kier molecular flexibility index (Phi) is 3.96. The molecule has 15 heavy (non-hydrogen) atoms. The van der Waals surface area contributed by atoms with E-state index in [1.165, 1.54) is 12.1 Å². The van der Waals surface area contributed by atoms with Crippen molar-refractivity contribution >= 4 is 12.1 Å². The van der Waals surface area contributed by atoms with Crippen molar-refractivity contribution in [2.24, 2.45) is 5.10 Å². The summed E-state index contributed by atoms with van der Waals surface area (Å²) in [6.45, 7) is 1.81. The van der Waals surface area contributed by atoms with Crippen LogP contribution in [0.3, 0.4) is 0 Å². The van der Waals surface area contributed by atoms with E-state index in [1.54, 1.807) is 12.2 Å². The van der Waals surface area contributed by atoms with E-state index in [1.807, 2.05) is 6.92 Å². The molecule has 2 N–H and O–H groups in total. The first kappa shape index (κ1) is 10.8. The smallest absolute Gasteiger partial charge is 0.264 e. The van der Waals surface area contributed by atoms with Gasteiger partial charge < -0.3 is 0 Å². The lowest BCUT2D eigenvalue weighted by molar-refractivity contribution is -0.109. The molecule has 1 heterocycles. The number of hydrogen-bond donors (Lipinski definition) is 2. The summed E-state index contributed by atoms with van der Waals surface area (Å²) in [5.41, 5.74) is 2.81. The molecule has 0 bridgehead atoms. The molecule has 6 nitrogen and oxygen atoms in total. The third kappa shape index (κ3) is 3.18. The minimum absolute atomic E-state index is 0.290. The first-order valence-corrected chi connectivity index (χ1v) is 4.23. The summed E-state index contributed by atoms with van der Waals surface area (Å²) in [7, 11) is 0. The van der Waals surface area contributed by atoms with Crippen molar-refractivity contribution in [1.82, 2.24) is 15.6 Å². The molecule has 1 amide bonds. The van der Waals surface area contributed by atoms with E-state index < -0.39 is 0 Å². The molecule has 0 saturated heterocycles. The molecule has 0 unspecified atom stereocenters. The molecule has 0 fully saturated rings. The lowest BCUT2D eigenvalue weighted by atomic mass is 10.2. The molecule has 78 valence electrons. The Morgan fingerprint density at radius 3 is 2.93 bits per heavy atom. The van der Waals surface area contributed by atoms with Gasteiger partial charge in [0.05, 0.1) is 0 Å². The maximum Gasteiger partial charge on any atom is 0.264 e. The summed E-state index contributed by atoms with van der Waals surface area (Å²) < 4.78 is 0. The molecule has 6 heteroatoms. The van der Waals surface area contributed by atoms with Gasteiger partial charge in [-0.25, -0.2) is 10.5 Å². The van der Waals surface area contributed by atoms with E-state index in [2.05, 4.69) is 20.7 Å². The third-order valence-electron chi connectivity index (χ3n) is 1.50. The van der Waals surface area contributed by atoms with Crippen molar-refractivity contribution in [3.8, 4) is 0 Å². The highest BCUT2D eigenvalue weighted by Gasteiger charge is 2.00. The van der Waals surface area contributed by atoms with Gasteiger partial charge in [-0.2, -0.15) is 10.2 Å². The second-order valence-corrected chi connectivity index (χ2v) is 2.55. The molecule has 1 rings (SSSR count). The zero-order valence-electron chi connectivity index (χ0n) is 8.10. The number of hydrazone groups is 1. The summed E-state index contributed by atoms with van der Waals surface area (Å²) in [5, 5.41) is 9.81. The molecule has 1 aromatic heterocycles. The topological polar surface area (TPSA) is 87.2 Å². The zero-order chi connectivity index (χ0) is 11.1. The molecule has 0 aliphatic rings. The lowest BCUT2D eigenvalue weighted by Crippen LogP contribution is -2.13. The molecule has 0 radical (unpaired) electrons. The van der Waals surface area contributed by atoms with Gasteiger partial charge in [-0.1, -0.05) is 6.08 Å². The molecule has 0 atom stereocenters. The van der Waals surface area contributed by atoms with E-state index in [0.717, 1.165) is 0 Å². The first-order chi connectivity index (χ1) is 7.27. The van der Waals surface area contributed by atoms with Gasteiger partial charge >= 0.3 is 0 Å². The number of carbonyl (C=O) groups is 1. The number of aromatic amines is 1. The number of carbonyl (C=O) groups excluding carboxylic acids is 1. The van der Waals surface area contributed by atoms with Crippen molar-refractivity contribution in [2.45, 2.75) is 6.92 Å². The number of nitrogens with zero attached hydrogens (tertiary/aromatic N) is 2. The molecular formula is C9H10N4O2. The normalized spacial score (nSPS) is 11.7. The van der Waals surface area contributed by atoms with Crippen molar-refractivity contribution in [2.75, 3.05) is 0 Å². The summed E-state index contributed by atoms with van der Waals surface area (Å²) in [4.78, 5) is 20.8. The van der Waals surface area contributed by atoms with Crippen molar-refractivity contribution in [1.29, 1.82) is 0 Å². The number of hydrogen-bond acceptors (Lipinski definition) is 4. The van der Waals surface area contributed by atoms with Gasteiger partial charge in [0.2, 0.25) is 6.41 Å². The predicted octanol–water partition coefficient (Wildman–Crippen LogP) is -0.204. The fraction of sp³-hybridized carbons (Fsp3) is 0.111. The molecule has 0 spiro atoms. The SMILES string of the molecule is C/C=C\C(=N/NC=O)c1ccc(=O)[nH]n1. The number of aromatic nitrogens is 2. The highest BCUT2D eigenvalue weighted by atomic mass is 16.1. The summed E-state index contributed by atoms with van der Waals surface area (Å²) in [6.07, 6.45) is 3.87. The van der Waals surface area contributed by atoms with E-state index in [9.17, 15) is 9.59 Å². The number of amides is 1. The van der Waals surface area contributed by atoms with Gasteiger partial charge in [0, 0.05) is 6.07 Å². The van der Waals surface area contributed by atoms with Crippen LogP contribution in [0.1, 0.15) is 12.6 Å². The zero-order valence-corrected chi connectivity index (χ0v) is 8.10. The summed E-state index contributed by atoms with van der Waals surface area (Å²) >= 11 is 0. The second kappa shape index (κ2) is 5.48. The fourth-order valence-electron chi connectivity index (χ4n) is 0.921. The maximum atomic E-state index is 10.8. The van der Waals surface area contributed by atoms with Crippen molar-refractivity contribution < 1.29 is 4.79 Å². The quantitative estimate of drug-likeness (QED) is 0.406. The fourth-order valence-corrected chi connectivity index (χ4v) is 0.921. The summed E-state index contributed by atoms with van der Waals surface area (Å²) in [6, 6.07) is 2.85. The minimum atomic E-state index is -0.290. The molecule has 0 aliphatic carbocycles. The van der Waals surface area contributed by atoms with Crippen LogP contribution in [0.25, 0.3) is 0 Å². The van der Waals surface area contributed by atoms with Crippen LogP contribution >= 0.6 is 0 Å². The van der Waals surface area contributed by atoms with E-state index in [0.29, 0.717) is 17.8 Å². The van der Waals surface area contributed by atoms with Gasteiger partial charge in [-0.15, -0.1) is 0 Å². The van der Waals surface area contributed by atoms with Crippen LogP contribution in [0.4, 0.5) is 0 Å². The minimum Gasteiger partial charge on any atom is -0.277 e. The first-order valence-electron chi connectivity index (χ1n) is 4.23. The number of allylic oxidation sites excluding steroid dienone is 2. The van der Waals surface area contributed by atoms with Crippen molar-refractivity contribution in [3.05, 3.63) is 40.3 Å². The lowest BCUT2D eigenvalue weighted by Gasteiger charge is -1.98. The van der Waals surface area contributed by atoms with Gasteiger partial charge in [-0.3, -0.25) is 9.59 Å². The third-order valence-corrected chi connectivity index (χ3v) is 1.50. The maximum absolute atomic E-state index is 10.8. The van der Waals surface area contributed by atoms with E-state index >= 15 is 0 Å². The Hall–Kier alpha value is -2.24. The van der Waals surface area contributed by atoms with Crippen LogP contribution in [-0.4, -0.2) is 22.3 Å². The molecule has 1 aromatic rings. The number of H-pyrrole nitrogens is 1. The van der Waals surface area contributed by atoms with Gasteiger partial charge in [-0.05, 0) is 19.1 Å². The van der Waals surface area contributed by atoms with E-state index in [4.69, 9.17) is 0 Å². The van der Waals surface area contributed by atoms with Crippen LogP contribution in [-0.2, 0) is 4.79 Å². The average molecular weight is 206 g/mol. The Morgan fingerprint density at radius 2 is 2.40 bits per heavy atom. The predicted molar refractivity (Wildman–Crippen MR) is 55.4 cm³/mol. The largest absolute Gasteiger partial charge is 0.277 e. The van der Waals surface area contributed by atoms with Gasteiger partial charge in [0.25, 0.3) is 5.56 Å². The Bertz CT molecular complexity index is 427. The second-order valence-electron chi connectivity index (χ2n) is 2.55.